The normalized spacial score (nSPS) is 12.9. The van der Waals surface area contributed by atoms with Gasteiger partial charge in [0.25, 0.3) is 0 Å². The van der Waals surface area contributed by atoms with Crippen molar-refractivity contribution in [3.63, 3.8) is 0 Å². The molecule has 4 heteroatoms. The maximum Gasteiger partial charge on any atom is 0.129 e. The number of halogens is 1. The van der Waals surface area contributed by atoms with Crippen LogP contribution in [0.4, 0.5) is 0 Å². The fourth-order valence-corrected chi connectivity index (χ4v) is 1.09. The van der Waals surface area contributed by atoms with E-state index in [-0.39, 0.29) is 12.6 Å². The largest absolute Gasteiger partial charge is 0.396 e. The van der Waals surface area contributed by atoms with Crippen LogP contribution < -0.4 is 5.73 Å². The van der Waals surface area contributed by atoms with E-state index >= 15 is 0 Å². The summed E-state index contributed by atoms with van der Waals surface area (Å²) in [6.45, 7) is 0.0648. The van der Waals surface area contributed by atoms with Gasteiger partial charge in [0.2, 0.25) is 0 Å². The number of hydrogen-bond acceptors (Lipinski definition) is 3. The van der Waals surface area contributed by atoms with Crippen molar-refractivity contribution in [3.05, 3.63) is 29.0 Å². The van der Waals surface area contributed by atoms with Crippen LogP contribution in [0.25, 0.3) is 0 Å². The number of aliphatic hydroxyl groups excluding tert-OH is 1. The molecule has 1 rings (SSSR count). The Labute approximate surface area is 76.2 Å². The number of pyridine rings is 1. The molecule has 0 bridgehead atoms. The molecule has 0 aromatic carbocycles. The third-order valence-corrected chi connectivity index (χ3v) is 1.77. The Morgan fingerprint density at radius 3 is 2.92 bits per heavy atom. The Hall–Kier alpha value is -0.640. The highest BCUT2D eigenvalue weighted by Gasteiger charge is 2.05. The Morgan fingerprint density at radius 1 is 1.58 bits per heavy atom. The van der Waals surface area contributed by atoms with Crippen LogP contribution in [-0.2, 0) is 0 Å². The van der Waals surface area contributed by atoms with Gasteiger partial charge in [0, 0.05) is 12.6 Å². The molecule has 0 fully saturated rings. The first-order chi connectivity index (χ1) is 5.74. The van der Waals surface area contributed by atoms with Gasteiger partial charge in [0.05, 0.1) is 5.69 Å². The number of nitrogens with two attached hydrogens (primary N) is 1. The molecule has 3 nitrogen and oxygen atoms in total. The first kappa shape index (κ1) is 9.45. The number of aromatic nitrogens is 1. The summed E-state index contributed by atoms with van der Waals surface area (Å²) in [7, 11) is 0. The summed E-state index contributed by atoms with van der Waals surface area (Å²) in [6, 6.07) is 5.05. The Kier molecular flexibility index (Phi) is 3.47. The molecule has 1 aromatic rings. The van der Waals surface area contributed by atoms with E-state index in [0.717, 1.165) is 5.69 Å². The van der Waals surface area contributed by atoms with E-state index in [1.807, 2.05) is 0 Å². The second-order valence-electron chi connectivity index (χ2n) is 2.50. The predicted octanol–water partition coefficient (Wildman–Crippen LogP) is 1.12. The van der Waals surface area contributed by atoms with Crippen LogP contribution in [0.2, 0.25) is 5.15 Å². The van der Waals surface area contributed by atoms with Crippen molar-refractivity contribution in [2.75, 3.05) is 6.61 Å². The van der Waals surface area contributed by atoms with Crippen LogP contribution in [0, 0.1) is 0 Å². The Balaban J connectivity index is 2.73. The first-order valence-corrected chi connectivity index (χ1v) is 4.10. The summed E-state index contributed by atoms with van der Waals surface area (Å²) in [5, 5.41) is 9.06. The average Bonchev–Trinajstić information content (AvgIpc) is 2.05. The molecule has 0 unspecified atom stereocenters. The molecule has 0 aliphatic rings. The number of rotatable bonds is 3. The van der Waals surface area contributed by atoms with Crippen molar-refractivity contribution in [2.24, 2.45) is 5.73 Å². The molecule has 1 heterocycles. The summed E-state index contributed by atoms with van der Waals surface area (Å²) < 4.78 is 0. The van der Waals surface area contributed by atoms with Crippen LogP contribution in [0.15, 0.2) is 18.2 Å². The molecule has 0 saturated carbocycles. The SMILES string of the molecule is N[C@@H](CCO)c1cccc(Cl)n1. The Morgan fingerprint density at radius 2 is 2.33 bits per heavy atom. The third kappa shape index (κ3) is 2.44. The summed E-state index contributed by atoms with van der Waals surface area (Å²) in [5.74, 6) is 0. The quantitative estimate of drug-likeness (QED) is 0.696. The molecule has 0 saturated heterocycles. The molecular formula is C8H11ClN2O. The molecule has 66 valence electrons. The van der Waals surface area contributed by atoms with Gasteiger partial charge in [-0.3, -0.25) is 0 Å². The molecule has 0 aliphatic carbocycles. The minimum atomic E-state index is -0.228. The van der Waals surface area contributed by atoms with E-state index < -0.39 is 0 Å². The zero-order chi connectivity index (χ0) is 8.97. The molecule has 0 spiro atoms. The lowest BCUT2D eigenvalue weighted by molar-refractivity contribution is 0.275. The molecule has 1 aromatic heterocycles. The third-order valence-electron chi connectivity index (χ3n) is 1.56. The summed E-state index contributed by atoms with van der Waals surface area (Å²) >= 11 is 5.66. The van der Waals surface area contributed by atoms with E-state index in [1.54, 1.807) is 18.2 Å². The zero-order valence-electron chi connectivity index (χ0n) is 6.57. The minimum Gasteiger partial charge on any atom is -0.396 e. The highest BCUT2D eigenvalue weighted by molar-refractivity contribution is 6.29. The lowest BCUT2D eigenvalue weighted by Crippen LogP contribution is -2.13. The van der Waals surface area contributed by atoms with Crippen LogP contribution in [-0.4, -0.2) is 16.7 Å². The monoisotopic (exact) mass is 186 g/mol. The standard InChI is InChI=1S/C8H11ClN2O/c9-8-3-1-2-7(11-8)6(10)4-5-12/h1-3,6,12H,4-5,10H2/t6-/m0/s1. The molecule has 3 N–H and O–H groups in total. The summed E-state index contributed by atoms with van der Waals surface area (Å²) in [4.78, 5) is 4.02. The van der Waals surface area contributed by atoms with Gasteiger partial charge in [-0.25, -0.2) is 4.98 Å². The number of nitrogens with zero attached hydrogens (tertiary/aromatic N) is 1. The van der Waals surface area contributed by atoms with Crippen LogP contribution in [0.5, 0.6) is 0 Å². The smallest absolute Gasteiger partial charge is 0.129 e. The molecule has 0 radical (unpaired) electrons. The van der Waals surface area contributed by atoms with Crippen LogP contribution in [0.3, 0.4) is 0 Å². The van der Waals surface area contributed by atoms with Gasteiger partial charge in [-0.1, -0.05) is 17.7 Å². The van der Waals surface area contributed by atoms with Gasteiger partial charge in [0.15, 0.2) is 0 Å². The minimum absolute atomic E-state index is 0.0648. The maximum absolute atomic E-state index is 8.63. The number of hydrogen-bond donors (Lipinski definition) is 2. The van der Waals surface area contributed by atoms with Gasteiger partial charge in [-0.15, -0.1) is 0 Å². The zero-order valence-corrected chi connectivity index (χ0v) is 7.33. The lowest BCUT2D eigenvalue weighted by atomic mass is 10.1. The maximum atomic E-state index is 8.63. The lowest BCUT2D eigenvalue weighted by Gasteiger charge is -2.08. The van der Waals surface area contributed by atoms with E-state index in [0.29, 0.717) is 11.6 Å². The van der Waals surface area contributed by atoms with Crippen molar-refractivity contribution in [1.82, 2.24) is 4.98 Å². The van der Waals surface area contributed by atoms with Crippen LogP contribution in [0.1, 0.15) is 18.2 Å². The molecule has 0 amide bonds. The molecule has 0 aliphatic heterocycles. The fourth-order valence-electron chi connectivity index (χ4n) is 0.917. The van der Waals surface area contributed by atoms with Crippen molar-refractivity contribution >= 4 is 11.6 Å². The highest BCUT2D eigenvalue weighted by Crippen LogP contribution is 2.13. The van der Waals surface area contributed by atoms with Crippen molar-refractivity contribution in [1.29, 1.82) is 0 Å². The van der Waals surface area contributed by atoms with Gasteiger partial charge in [0.1, 0.15) is 5.15 Å². The second-order valence-corrected chi connectivity index (χ2v) is 2.89. The molecular weight excluding hydrogens is 176 g/mol. The van der Waals surface area contributed by atoms with Gasteiger partial charge < -0.3 is 10.8 Å². The van der Waals surface area contributed by atoms with Gasteiger partial charge in [-0.2, -0.15) is 0 Å². The van der Waals surface area contributed by atoms with Gasteiger partial charge >= 0.3 is 0 Å². The van der Waals surface area contributed by atoms with Crippen LogP contribution >= 0.6 is 11.6 Å². The second kappa shape index (κ2) is 4.40. The Bertz CT molecular complexity index is 255. The van der Waals surface area contributed by atoms with E-state index in [2.05, 4.69) is 4.98 Å². The van der Waals surface area contributed by atoms with Crippen molar-refractivity contribution in [2.45, 2.75) is 12.5 Å². The topological polar surface area (TPSA) is 59.1 Å². The van der Waals surface area contributed by atoms with E-state index in [1.165, 1.54) is 0 Å². The average molecular weight is 187 g/mol. The first-order valence-electron chi connectivity index (χ1n) is 3.73. The van der Waals surface area contributed by atoms with Crippen molar-refractivity contribution in [3.8, 4) is 0 Å². The van der Waals surface area contributed by atoms with Gasteiger partial charge in [-0.05, 0) is 18.6 Å². The summed E-state index contributed by atoms with van der Waals surface area (Å²) in [5.41, 5.74) is 6.41. The predicted molar refractivity (Wildman–Crippen MR) is 47.9 cm³/mol. The van der Waals surface area contributed by atoms with E-state index in [4.69, 9.17) is 22.4 Å². The molecule has 1 atom stereocenters. The highest BCUT2D eigenvalue weighted by atomic mass is 35.5. The summed E-state index contributed by atoms with van der Waals surface area (Å²) in [6.07, 6.45) is 0.507. The van der Waals surface area contributed by atoms with Crippen molar-refractivity contribution < 1.29 is 5.11 Å². The fraction of sp³-hybridized carbons (Fsp3) is 0.375. The molecule has 12 heavy (non-hydrogen) atoms. The van der Waals surface area contributed by atoms with E-state index in [9.17, 15) is 0 Å². The number of aliphatic hydroxyl groups is 1.